The van der Waals surface area contributed by atoms with Crippen LogP contribution in [0.25, 0.3) is 0 Å². The molecule has 0 heterocycles. The summed E-state index contributed by atoms with van der Waals surface area (Å²) >= 11 is 0. The minimum atomic E-state index is -4.62. The van der Waals surface area contributed by atoms with Gasteiger partial charge < -0.3 is 10.6 Å². The minimum Gasteiger partial charge on any atom is -0.329 e. The van der Waals surface area contributed by atoms with E-state index in [4.69, 9.17) is 0 Å². The van der Waals surface area contributed by atoms with Gasteiger partial charge in [-0.05, 0) is 18.2 Å². The van der Waals surface area contributed by atoms with E-state index in [0.717, 1.165) is 22.5 Å². The molecule has 0 aromatic heterocycles. The smallest absolute Gasteiger partial charge is 0.329 e. The Hall–Kier alpha value is -1.88. The Morgan fingerprint density at radius 1 is 1.27 bits per heavy atom. The van der Waals surface area contributed by atoms with Gasteiger partial charge in [-0.25, -0.2) is 21.9 Å². The van der Waals surface area contributed by atoms with E-state index in [2.05, 4.69) is 0 Å². The van der Waals surface area contributed by atoms with Crippen LogP contribution in [0.3, 0.4) is 0 Å². The molecule has 1 aromatic carbocycles. The van der Waals surface area contributed by atoms with Crippen molar-refractivity contribution in [1.29, 1.82) is 0 Å². The summed E-state index contributed by atoms with van der Waals surface area (Å²) < 4.78 is 73.9. The van der Waals surface area contributed by atoms with E-state index >= 15 is 0 Å². The van der Waals surface area contributed by atoms with Crippen molar-refractivity contribution in [2.75, 3.05) is 26.0 Å². The van der Waals surface area contributed by atoms with Gasteiger partial charge >= 0.3 is 12.2 Å². The summed E-state index contributed by atoms with van der Waals surface area (Å²) in [5, 5.41) is 3.30. The topological polar surface area (TPSA) is 78.5 Å². The van der Waals surface area contributed by atoms with Crippen molar-refractivity contribution >= 4 is 21.7 Å². The summed E-state index contributed by atoms with van der Waals surface area (Å²) in [5.74, 6) is -0.986. The maximum absolute atomic E-state index is 13.5. The van der Waals surface area contributed by atoms with E-state index in [1.807, 2.05) is 5.32 Å². The fourth-order valence-electron chi connectivity index (χ4n) is 1.32. The van der Waals surface area contributed by atoms with Crippen molar-refractivity contribution < 1.29 is 30.8 Å². The number of amides is 2. The summed E-state index contributed by atoms with van der Waals surface area (Å²) in [4.78, 5) is 10.9. The second-order valence-electron chi connectivity index (χ2n) is 4.35. The predicted octanol–water partition coefficient (Wildman–Crippen LogP) is 1.76. The molecule has 0 unspecified atom stereocenters. The molecule has 22 heavy (non-hydrogen) atoms. The first-order valence-corrected chi connectivity index (χ1v) is 7.21. The highest BCUT2D eigenvalue weighted by Gasteiger charge is 2.28. The van der Waals surface area contributed by atoms with E-state index in [1.54, 1.807) is 0 Å². The number of carbonyl (C=O) groups is 1. The van der Waals surface area contributed by atoms with Crippen molar-refractivity contribution in [2.24, 2.45) is 0 Å². The van der Waals surface area contributed by atoms with Crippen LogP contribution in [0.4, 0.5) is 28.0 Å². The molecule has 0 saturated heterocycles. The number of carbonyl (C=O) groups excluding carboxylic acids is 1. The standard InChI is InChI=1S/C11H13F4N3O3S/c1-18(2)22(20,21)7-3-4-8(12)9(5-7)17-10(19)16-6-11(13,14)15/h3-5H,6H2,1-2H3,(H2,16,17,19). The molecule has 2 N–H and O–H groups in total. The fraction of sp³-hybridized carbons (Fsp3) is 0.364. The van der Waals surface area contributed by atoms with Crippen molar-refractivity contribution in [2.45, 2.75) is 11.1 Å². The van der Waals surface area contributed by atoms with Gasteiger partial charge in [0.05, 0.1) is 10.6 Å². The second kappa shape index (κ2) is 6.48. The van der Waals surface area contributed by atoms with Gasteiger partial charge in [0.2, 0.25) is 10.0 Å². The predicted molar refractivity (Wildman–Crippen MR) is 70.3 cm³/mol. The van der Waals surface area contributed by atoms with Crippen molar-refractivity contribution in [3.05, 3.63) is 24.0 Å². The van der Waals surface area contributed by atoms with Gasteiger partial charge in [-0.2, -0.15) is 13.2 Å². The lowest BCUT2D eigenvalue weighted by molar-refractivity contribution is -0.122. The number of alkyl halides is 3. The third kappa shape index (κ3) is 4.84. The minimum absolute atomic E-state index is 0.315. The third-order valence-corrected chi connectivity index (χ3v) is 4.23. The van der Waals surface area contributed by atoms with Crippen LogP contribution in [0.2, 0.25) is 0 Å². The molecule has 0 atom stereocenters. The van der Waals surface area contributed by atoms with Crippen LogP contribution in [-0.2, 0) is 10.0 Å². The van der Waals surface area contributed by atoms with E-state index in [9.17, 15) is 30.8 Å². The molecule has 0 saturated carbocycles. The van der Waals surface area contributed by atoms with E-state index in [0.29, 0.717) is 0 Å². The molecule has 1 rings (SSSR count). The van der Waals surface area contributed by atoms with Gasteiger partial charge in [0.15, 0.2) is 0 Å². The number of sulfonamides is 1. The highest BCUT2D eigenvalue weighted by atomic mass is 32.2. The summed E-state index contributed by atoms with van der Waals surface area (Å²) in [5.41, 5.74) is -0.553. The van der Waals surface area contributed by atoms with Crippen molar-refractivity contribution in [1.82, 2.24) is 9.62 Å². The zero-order valence-corrected chi connectivity index (χ0v) is 12.3. The van der Waals surface area contributed by atoms with Crippen LogP contribution in [0.1, 0.15) is 0 Å². The van der Waals surface area contributed by atoms with Crippen LogP contribution in [0.5, 0.6) is 0 Å². The molecule has 0 aliphatic rings. The molecule has 0 spiro atoms. The monoisotopic (exact) mass is 343 g/mol. The maximum Gasteiger partial charge on any atom is 0.405 e. The second-order valence-corrected chi connectivity index (χ2v) is 6.50. The van der Waals surface area contributed by atoms with Gasteiger partial charge in [-0.15, -0.1) is 0 Å². The average Bonchev–Trinajstić information content (AvgIpc) is 2.37. The Morgan fingerprint density at radius 2 is 1.86 bits per heavy atom. The average molecular weight is 343 g/mol. The molecule has 0 aliphatic carbocycles. The number of halogens is 4. The summed E-state index contributed by atoms with van der Waals surface area (Å²) in [6.07, 6.45) is -4.62. The number of anilines is 1. The zero-order chi connectivity index (χ0) is 17.1. The number of rotatable bonds is 4. The van der Waals surface area contributed by atoms with E-state index in [1.165, 1.54) is 19.4 Å². The van der Waals surface area contributed by atoms with E-state index in [-0.39, 0.29) is 4.90 Å². The molecular formula is C11H13F4N3O3S. The Kier molecular flexibility index (Phi) is 5.35. The Bertz CT molecular complexity index is 659. The van der Waals surface area contributed by atoms with Crippen LogP contribution < -0.4 is 10.6 Å². The van der Waals surface area contributed by atoms with Crippen molar-refractivity contribution in [3.8, 4) is 0 Å². The first-order valence-electron chi connectivity index (χ1n) is 5.77. The first-order chi connectivity index (χ1) is 9.93. The summed E-state index contributed by atoms with van der Waals surface area (Å²) in [6.45, 7) is -1.60. The largest absolute Gasteiger partial charge is 0.405 e. The molecule has 0 aliphatic heterocycles. The number of urea groups is 1. The molecule has 11 heteroatoms. The van der Waals surface area contributed by atoms with Crippen LogP contribution >= 0.6 is 0 Å². The number of hydrogen-bond acceptors (Lipinski definition) is 3. The highest BCUT2D eigenvalue weighted by molar-refractivity contribution is 7.89. The van der Waals surface area contributed by atoms with Gasteiger partial charge in [0, 0.05) is 14.1 Å². The van der Waals surface area contributed by atoms with Crippen molar-refractivity contribution in [3.63, 3.8) is 0 Å². The quantitative estimate of drug-likeness (QED) is 0.818. The molecule has 124 valence electrons. The van der Waals surface area contributed by atoms with Crippen LogP contribution in [0.15, 0.2) is 23.1 Å². The summed E-state index contributed by atoms with van der Waals surface area (Å²) in [7, 11) is -1.37. The first kappa shape index (κ1) is 18.2. The van der Waals surface area contributed by atoms with Crippen LogP contribution in [-0.4, -0.2) is 45.6 Å². The van der Waals surface area contributed by atoms with Gasteiger partial charge in [0.1, 0.15) is 12.4 Å². The van der Waals surface area contributed by atoms with E-state index < -0.39 is 40.3 Å². The zero-order valence-electron chi connectivity index (χ0n) is 11.5. The molecule has 6 nitrogen and oxygen atoms in total. The normalized spacial score (nSPS) is 12.3. The molecule has 1 aromatic rings. The lowest BCUT2D eigenvalue weighted by Crippen LogP contribution is -2.36. The Morgan fingerprint density at radius 3 is 2.36 bits per heavy atom. The summed E-state index contributed by atoms with van der Waals surface area (Å²) in [6, 6.07) is 1.27. The van der Waals surface area contributed by atoms with Crippen LogP contribution in [0, 0.1) is 5.82 Å². The molecule has 0 fully saturated rings. The number of benzene rings is 1. The number of nitrogens with one attached hydrogen (secondary N) is 2. The number of hydrogen-bond donors (Lipinski definition) is 2. The molecule has 0 radical (unpaired) electrons. The third-order valence-electron chi connectivity index (χ3n) is 2.41. The SMILES string of the molecule is CN(C)S(=O)(=O)c1ccc(F)c(NC(=O)NCC(F)(F)F)c1. The van der Waals surface area contributed by atoms with Gasteiger partial charge in [-0.1, -0.05) is 0 Å². The molecule has 0 bridgehead atoms. The lowest BCUT2D eigenvalue weighted by atomic mass is 10.3. The Balaban J connectivity index is 2.95. The van der Waals surface area contributed by atoms with Gasteiger partial charge in [0.25, 0.3) is 0 Å². The highest BCUT2D eigenvalue weighted by Crippen LogP contribution is 2.21. The van der Waals surface area contributed by atoms with Gasteiger partial charge in [-0.3, -0.25) is 0 Å². The molecule has 2 amide bonds. The Labute approximate surface area is 124 Å². The lowest BCUT2D eigenvalue weighted by Gasteiger charge is -2.14. The fourth-order valence-corrected chi connectivity index (χ4v) is 2.25. The molecular weight excluding hydrogens is 330 g/mol. The number of nitrogens with zero attached hydrogens (tertiary/aromatic N) is 1. The maximum atomic E-state index is 13.5.